The van der Waals surface area contributed by atoms with Crippen LogP contribution in [-0.2, 0) is 17.9 Å². The minimum atomic E-state index is -0.452. The van der Waals surface area contributed by atoms with Crippen molar-refractivity contribution in [2.24, 2.45) is 0 Å². The van der Waals surface area contributed by atoms with Crippen molar-refractivity contribution in [1.29, 1.82) is 0 Å². The maximum Gasteiger partial charge on any atom is 0.315 e. The van der Waals surface area contributed by atoms with E-state index in [1.54, 1.807) is 12.1 Å². The highest BCUT2D eigenvalue weighted by atomic mass is 19.1. The molecule has 2 aromatic rings. The summed E-state index contributed by atoms with van der Waals surface area (Å²) in [6.07, 6.45) is 0. The first-order valence-corrected chi connectivity index (χ1v) is 10.1. The lowest BCUT2D eigenvalue weighted by atomic mass is 10.1. The number of piperazine rings is 1. The van der Waals surface area contributed by atoms with Crippen molar-refractivity contribution in [3.63, 3.8) is 0 Å². The molecule has 1 heterocycles. The maximum atomic E-state index is 12.9. The van der Waals surface area contributed by atoms with Crippen LogP contribution in [0.1, 0.15) is 11.1 Å². The second-order valence-corrected chi connectivity index (χ2v) is 7.36. The summed E-state index contributed by atoms with van der Waals surface area (Å²) in [4.78, 5) is 28.6. The van der Waals surface area contributed by atoms with Crippen LogP contribution in [0.5, 0.6) is 0 Å². The highest BCUT2D eigenvalue weighted by molar-refractivity contribution is 5.84. The van der Waals surface area contributed by atoms with Gasteiger partial charge in [0.25, 0.3) is 0 Å². The summed E-state index contributed by atoms with van der Waals surface area (Å²) >= 11 is 0. The van der Waals surface area contributed by atoms with Crippen LogP contribution in [0.15, 0.2) is 48.5 Å². The number of anilines is 1. The van der Waals surface area contributed by atoms with Gasteiger partial charge in [0.15, 0.2) is 0 Å². The van der Waals surface area contributed by atoms with E-state index in [0.29, 0.717) is 6.54 Å². The van der Waals surface area contributed by atoms with E-state index < -0.39 is 6.03 Å². The van der Waals surface area contributed by atoms with Crippen LogP contribution in [0.4, 0.5) is 14.9 Å². The minimum Gasteiger partial charge on any atom is -0.369 e. The monoisotopic (exact) mass is 413 g/mol. The Kier molecular flexibility index (Phi) is 7.62. The molecule has 0 aromatic heterocycles. The van der Waals surface area contributed by atoms with E-state index in [9.17, 15) is 14.0 Å². The highest BCUT2D eigenvalue weighted by Crippen LogP contribution is 2.21. The molecule has 3 N–H and O–H groups in total. The molecule has 1 aliphatic rings. The molecule has 160 valence electrons. The number of carbonyl (C=O) groups excluding carboxylic acids is 2. The van der Waals surface area contributed by atoms with Crippen molar-refractivity contribution in [3.05, 3.63) is 65.5 Å². The number of urea groups is 1. The number of hydrogen-bond donors (Lipinski definition) is 3. The van der Waals surface area contributed by atoms with Gasteiger partial charge in [0.05, 0.1) is 6.54 Å². The molecule has 7 nitrogen and oxygen atoms in total. The Hall–Kier alpha value is -3.13. The maximum absolute atomic E-state index is 12.9. The number of para-hydroxylation sites is 1. The molecular formula is C22H28FN5O2. The third-order valence-electron chi connectivity index (χ3n) is 5.09. The zero-order valence-electron chi connectivity index (χ0n) is 17.2. The van der Waals surface area contributed by atoms with Gasteiger partial charge in [-0.1, -0.05) is 30.3 Å². The number of carbonyl (C=O) groups is 2. The summed E-state index contributed by atoms with van der Waals surface area (Å²) in [7, 11) is 2.12. The lowest BCUT2D eigenvalue weighted by Gasteiger charge is -2.35. The largest absolute Gasteiger partial charge is 0.369 e. The molecule has 1 saturated heterocycles. The second kappa shape index (κ2) is 10.6. The van der Waals surface area contributed by atoms with Crippen LogP contribution in [-0.4, -0.2) is 56.6 Å². The van der Waals surface area contributed by atoms with Crippen molar-refractivity contribution >= 4 is 17.6 Å². The smallest absolute Gasteiger partial charge is 0.315 e. The van der Waals surface area contributed by atoms with Crippen LogP contribution in [0, 0.1) is 5.82 Å². The highest BCUT2D eigenvalue weighted by Gasteiger charge is 2.17. The molecule has 0 saturated carbocycles. The Morgan fingerprint density at radius 1 is 0.900 bits per heavy atom. The van der Waals surface area contributed by atoms with Crippen molar-refractivity contribution in [2.45, 2.75) is 13.1 Å². The molecule has 30 heavy (non-hydrogen) atoms. The molecule has 3 rings (SSSR count). The van der Waals surface area contributed by atoms with Crippen molar-refractivity contribution in [3.8, 4) is 0 Å². The molecule has 1 aliphatic heterocycles. The number of likely N-dealkylation sites (N-methyl/N-ethyl adjacent to an activating group) is 1. The first-order chi connectivity index (χ1) is 14.5. The van der Waals surface area contributed by atoms with Gasteiger partial charge in [-0.15, -0.1) is 0 Å². The Morgan fingerprint density at radius 2 is 1.60 bits per heavy atom. The fourth-order valence-electron chi connectivity index (χ4n) is 3.28. The molecule has 0 aliphatic carbocycles. The van der Waals surface area contributed by atoms with E-state index in [4.69, 9.17) is 0 Å². The molecular weight excluding hydrogens is 385 g/mol. The first-order valence-electron chi connectivity index (χ1n) is 10.1. The van der Waals surface area contributed by atoms with E-state index in [2.05, 4.69) is 38.9 Å². The molecule has 0 atom stereocenters. The molecule has 0 unspecified atom stereocenters. The zero-order valence-corrected chi connectivity index (χ0v) is 17.2. The number of nitrogens with zero attached hydrogens (tertiary/aromatic N) is 2. The van der Waals surface area contributed by atoms with Gasteiger partial charge in [0.1, 0.15) is 5.82 Å². The number of hydrogen-bond acceptors (Lipinski definition) is 4. The Labute approximate surface area is 176 Å². The van der Waals surface area contributed by atoms with Crippen molar-refractivity contribution in [1.82, 2.24) is 20.9 Å². The standard InChI is InChI=1S/C22H28FN5O2/c1-27-10-12-28(13-11-27)20-5-3-2-4-18(20)15-24-21(29)16-26-22(30)25-14-17-6-8-19(23)9-7-17/h2-9H,10-16H2,1H3,(H,24,29)(H2,25,26,30). The molecule has 8 heteroatoms. The summed E-state index contributed by atoms with van der Waals surface area (Å²) in [5.74, 6) is -0.589. The third-order valence-corrected chi connectivity index (χ3v) is 5.09. The van der Waals surface area contributed by atoms with Crippen LogP contribution in [0.2, 0.25) is 0 Å². The number of rotatable bonds is 7. The predicted octanol–water partition coefficient (Wildman–Crippen LogP) is 1.69. The van der Waals surface area contributed by atoms with Gasteiger partial charge < -0.3 is 25.8 Å². The lowest BCUT2D eigenvalue weighted by molar-refractivity contribution is -0.120. The van der Waals surface area contributed by atoms with Gasteiger partial charge in [-0.05, 0) is 36.4 Å². The summed E-state index contributed by atoms with van der Waals surface area (Å²) in [6, 6.07) is 13.5. The number of nitrogens with one attached hydrogen (secondary N) is 3. The summed E-state index contributed by atoms with van der Waals surface area (Å²) < 4.78 is 12.9. The second-order valence-electron chi connectivity index (χ2n) is 7.36. The normalized spacial score (nSPS) is 14.3. The van der Waals surface area contributed by atoms with Gasteiger partial charge in [0.2, 0.25) is 5.91 Å². The predicted molar refractivity (Wildman–Crippen MR) is 115 cm³/mol. The minimum absolute atomic E-state index is 0.119. The van der Waals surface area contributed by atoms with Crippen LogP contribution in [0.25, 0.3) is 0 Å². The quantitative estimate of drug-likeness (QED) is 0.646. The first kappa shape index (κ1) is 21.6. The van der Waals surface area contributed by atoms with E-state index >= 15 is 0 Å². The molecule has 2 aromatic carbocycles. The lowest BCUT2D eigenvalue weighted by Crippen LogP contribution is -2.45. The van der Waals surface area contributed by atoms with Gasteiger partial charge in [-0.25, -0.2) is 9.18 Å². The average Bonchev–Trinajstić information content (AvgIpc) is 2.76. The van der Waals surface area contributed by atoms with Gasteiger partial charge in [-0.2, -0.15) is 0 Å². The fraction of sp³-hybridized carbons (Fsp3) is 0.364. The summed E-state index contributed by atoms with van der Waals surface area (Å²) in [5, 5.41) is 8.03. The average molecular weight is 413 g/mol. The van der Waals surface area contributed by atoms with Gasteiger partial charge in [-0.3, -0.25) is 4.79 Å². The zero-order chi connectivity index (χ0) is 21.3. The SMILES string of the molecule is CN1CCN(c2ccccc2CNC(=O)CNC(=O)NCc2ccc(F)cc2)CC1. The molecule has 0 bridgehead atoms. The van der Waals surface area contributed by atoms with Gasteiger partial charge >= 0.3 is 6.03 Å². The van der Waals surface area contributed by atoms with E-state index in [-0.39, 0.29) is 24.8 Å². The van der Waals surface area contributed by atoms with Gasteiger partial charge in [0, 0.05) is 45.0 Å². The molecule has 0 radical (unpaired) electrons. The van der Waals surface area contributed by atoms with E-state index in [1.165, 1.54) is 12.1 Å². The number of amides is 3. The summed E-state index contributed by atoms with van der Waals surface area (Å²) in [5.41, 5.74) is 2.96. The Balaban J connectivity index is 1.41. The van der Waals surface area contributed by atoms with E-state index in [1.807, 2.05) is 18.2 Å². The van der Waals surface area contributed by atoms with Crippen LogP contribution < -0.4 is 20.9 Å². The Bertz CT molecular complexity index is 851. The van der Waals surface area contributed by atoms with Crippen LogP contribution in [0.3, 0.4) is 0 Å². The molecule has 0 spiro atoms. The van der Waals surface area contributed by atoms with Crippen molar-refractivity contribution in [2.75, 3.05) is 44.7 Å². The van der Waals surface area contributed by atoms with Crippen LogP contribution >= 0.6 is 0 Å². The summed E-state index contributed by atoms with van der Waals surface area (Å²) in [6.45, 7) is 4.47. The van der Waals surface area contributed by atoms with Crippen molar-refractivity contribution < 1.29 is 14.0 Å². The number of halogens is 1. The van der Waals surface area contributed by atoms with E-state index in [0.717, 1.165) is 43.0 Å². The fourth-order valence-corrected chi connectivity index (χ4v) is 3.28. The third kappa shape index (κ3) is 6.45. The molecule has 3 amide bonds. The Morgan fingerprint density at radius 3 is 2.33 bits per heavy atom. The topological polar surface area (TPSA) is 76.7 Å². The molecule has 1 fully saturated rings. The number of benzene rings is 2.